The second-order valence-corrected chi connectivity index (χ2v) is 43.0. The van der Waals surface area contributed by atoms with E-state index in [-0.39, 0.29) is 45.5 Å². The smallest absolute Gasteiger partial charge is 0.231 e. The summed E-state index contributed by atoms with van der Waals surface area (Å²) in [6.07, 6.45) is 9.95. The summed E-state index contributed by atoms with van der Waals surface area (Å²) >= 11 is 0. The number of piperidine rings is 3. The number of hydrogen-bond donors (Lipinski definition) is 11. The number of aryl methyl sites for hydroxylation is 6. The molecule has 3 saturated heterocycles. The van der Waals surface area contributed by atoms with E-state index in [0.29, 0.717) is 92.8 Å². The van der Waals surface area contributed by atoms with Crippen LogP contribution in [0.3, 0.4) is 0 Å². The maximum absolute atomic E-state index is 13.2. The van der Waals surface area contributed by atoms with E-state index in [1.54, 1.807) is 102 Å². The Morgan fingerprint density at radius 2 is 0.758 bits per heavy atom. The van der Waals surface area contributed by atoms with Gasteiger partial charge < -0.3 is 77.0 Å². The minimum atomic E-state index is -3.55. The summed E-state index contributed by atoms with van der Waals surface area (Å²) in [6.45, 7) is 40.5. The van der Waals surface area contributed by atoms with Crippen LogP contribution in [-0.4, -0.2) is 173 Å². The zero-order chi connectivity index (χ0) is 92.0. The summed E-state index contributed by atoms with van der Waals surface area (Å²) in [6, 6.07) is 35.4. The second kappa shape index (κ2) is 40.1. The van der Waals surface area contributed by atoms with Gasteiger partial charge in [0.05, 0.1) is 106 Å². The number of primary amides is 1. The maximum Gasteiger partial charge on any atom is 0.231 e. The molecule has 0 aliphatic carbocycles. The lowest BCUT2D eigenvalue weighted by atomic mass is 9.86. The van der Waals surface area contributed by atoms with Crippen molar-refractivity contribution in [2.24, 2.45) is 5.73 Å². The predicted molar refractivity (Wildman–Crippen MR) is 515 cm³/mol. The van der Waals surface area contributed by atoms with Crippen LogP contribution in [0, 0.1) is 41.5 Å². The first-order chi connectivity index (χ1) is 60.8. The van der Waals surface area contributed by atoms with Crippen molar-refractivity contribution in [1.82, 2.24) is 60.0 Å². The zero-order valence-electron chi connectivity index (χ0n) is 77.0. The lowest BCUT2D eigenvalue weighted by molar-refractivity contribution is -0.119. The maximum atomic E-state index is 13.2. The second-order valence-electron chi connectivity index (χ2n) is 35.5. The van der Waals surface area contributed by atoms with E-state index >= 15 is 0 Å². The van der Waals surface area contributed by atoms with Crippen molar-refractivity contribution >= 4 is 138 Å². The Kier molecular flexibility index (Phi) is 29.5. The molecule has 3 aliphatic rings. The molecule has 0 unspecified atom stereocenters. The fraction of sp³-hybridized carbons (Fsp3) is 0.427. The Balaban J connectivity index is 0.000000164. The standard InChI is InChI=1S/C33H43N7O4S.C32H42N6O3S.C31H40N6O3S/c1-19(2)44-27-16-24(23-11-13-40(14-12-23)18-29(34)41)21(5)15-26(27)37-33-38-31-30(22(6)17-35-31)32(39-33)36-25-9-7-8-10-28(25)45(42,43)20(3)4;1-19(2)41-28-18-24(23-12-14-38(7)15-13-23)21(5)16-27(28)35-32-36-30-25(17-22(6)33-30)31(37-32)34-26-10-8-9-11-29(26)42(39,40)20(3)4;1-18(2)40-26-16-23(22-11-13-32-14-12-22)20(5)15-25(26)35-31-36-29-28(21(6)17-33-29)30(37-31)34-24-9-7-8-10-27(24)41(38,39)19(3)4/h7-10,15-17,19-20,23H,11-14,18H2,1-6H3,(H2,34,41)(H3,35,36,37,38,39);8-11,16-20,23H,12-15H2,1-7H3,(H3,33,34,35,36,37);7-10,15-19,22,32H,11-14H2,1-6H3,(H3,33,34,35,36,37). The molecule has 3 aliphatic heterocycles. The van der Waals surface area contributed by atoms with Crippen LogP contribution in [0.4, 0.5) is 69.4 Å². The van der Waals surface area contributed by atoms with Gasteiger partial charge in [0, 0.05) is 18.1 Å². The molecule has 9 heterocycles. The van der Waals surface area contributed by atoms with Crippen molar-refractivity contribution in [3.63, 3.8) is 0 Å². The number of benzene rings is 6. The van der Waals surface area contributed by atoms with Crippen molar-refractivity contribution in [3.05, 3.63) is 178 Å². The van der Waals surface area contributed by atoms with Crippen molar-refractivity contribution < 1.29 is 44.3 Å². The first kappa shape index (κ1) is 94.2. The average Bonchev–Trinajstić information content (AvgIpc) is 1.67. The lowest BCUT2D eigenvalue weighted by Crippen LogP contribution is -2.39. The molecule has 6 aromatic carbocycles. The first-order valence-electron chi connectivity index (χ1n) is 44.3. The molecular weight excluding hydrogens is 1680 g/mol. The minimum absolute atomic E-state index is 0.00906. The number of H-pyrrole nitrogens is 3. The van der Waals surface area contributed by atoms with E-state index in [9.17, 15) is 30.0 Å². The van der Waals surface area contributed by atoms with Crippen LogP contribution in [-0.2, 0) is 34.3 Å². The van der Waals surface area contributed by atoms with E-state index < -0.39 is 45.3 Å². The fourth-order valence-electron chi connectivity index (χ4n) is 16.8. The molecule has 128 heavy (non-hydrogen) atoms. The molecule has 0 bridgehead atoms. The van der Waals surface area contributed by atoms with Crippen molar-refractivity contribution in [2.75, 3.05) is 84.8 Å². The molecule has 682 valence electrons. The van der Waals surface area contributed by atoms with Gasteiger partial charge in [-0.05, 0) is 351 Å². The summed E-state index contributed by atoms with van der Waals surface area (Å²) < 4.78 is 97.7. The third-order valence-electron chi connectivity index (χ3n) is 23.6. The van der Waals surface area contributed by atoms with Crippen molar-refractivity contribution in [1.29, 1.82) is 0 Å². The van der Waals surface area contributed by atoms with Crippen LogP contribution < -0.4 is 57.2 Å². The summed E-state index contributed by atoms with van der Waals surface area (Å²) in [5.74, 6) is 5.81. The lowest BCUT2D eigenvalue weighted by Gasteiger charge is -2.32. The Hall–Kier alpha value is -11.4. The van der Waals surface area contributed by atoms with Gasteiger partial charge in [-0.15, -0.1) is 0 Å². The normalized spacial score (nSPS) is 14.8. The number of sulfone groups is 3. The number of aromatic nitrogens is 9. The molecule has 15 rings (SSSR count). The molecule has 0 atom stereocenters. The fourth-order valence-corrected chi connectivity index (χ4v) is 20.4. The molecule has 32 heteroatoms. The van der Waals surface area contributed by atoms with Gasteiger partial charge in [-0.25, -0.2) is 25.3 Å². The molecule has 3 fully saturated rings. The predicted octanol–water partition coefficient (Wildman–Crippen LogP) is 19.0. The largest absolute Gasteiger partial charge is 0.489 e. The Morgan fingerprint density at radius 3 is 1.12 bits per heavy atom. The number of nitrogens with one attached hydrogen (secondary N) is 10. The zero-order valence-corrected chi connectivity index (χ0v) is 79.4. The van der Waals surface area contributed by atoms with E-state index in [0.717, 1.165) is 145 Å². The van der Waals surface area contributed by atoms with Crippen molar-refractivity contribution in [3.8, 4) is 17.2 Å². The van der Waals surface area contributed by atoms with E-state index in [2.05, 4.69) is 126 Å². The molecule has 12 N–H and O–H groups in total. The highest BCUT2D eigenvalue weighted by Gasteiger charge is 2.32. The molecular formula is C96H125N19O10S3. The molecule has 0 saturated carbocycles. The van der Waals surface area contributed by atoms with E-state index in [1.807, 2.05) is 92.9 Å². The molecule has 6 aromatic heterocycles. The number of fused-ring (bicyclic) bond motifs is 3. The third kappa shape index (κ3) is 21.9. The van der Waals surface area contributed by atoms with Crippen LogP contribution in [0.5, 0.6) is 17.2 Å². The number of likely N-dealkylation sites (tertiary alicyclic amines) is 2. The molecule has 0 spiro atoms. The number of ether oxygens (including phenoxy) is 3. The number of rotatable bonds is 29. The van der Waals surface area contributed by atoms with Gasteiger partial charge >= 0.3 is 0 Å². The topological polar surface area (TPSA) is 389 Å². The summed E-state index contributed by atoms with van der Waals surface area (Å²) in [7, 11) is -8.42. The quantitative estimate of drug-likeness (QED) is 0.0207. The number of nitrogens with zero attached hydrogens (tertiary/aromatic N) is 8. The highest BCUT2D eigenvalue weighted by Crippen LogP contribution is 2.44. The van der Waals surface area contributed by atoms with Crippen LogP contribution in [0.2, 0.25) is 0 Å². The number of para-hydroxylation sites is 3. The van der Waals surface area contributed by atoms with Gasteiger partial charge in [0.1, 0.15) is 51.6 Å². The first-order valence-corrected chi connectivity index (χ1v) is 49.0. The number of anilines is 12. The number of carbonyl (C=O) groups is 1. The van der Waals surface area contributed by atoms with Gasteiger partial charge in [-0.1, -0.05) is 36.4 Å². The van der Waals surface area contributed by atoms with Crippen LogP contribution in [0.1, 0.15) is 190 Å². The van der Waals surface area contributed by atoms with Gasteiger partial charge in [-0.3, -0.25) is 9.69 Å². The van der Waals surface area contributed by atoms with Crippen molar-refractivity contribution in [2.45, 2.75) is 230 Å². The highest BCUT2D eigenvalue weighted by atomic mass is 32.2. The van der Waals surface area contributed by atoms with E-state index in [4.69, 9.17) is 49.8 Å². The minimum Gasteiger partial charge on any atom is -0.489 e. The summed E-state index contributed by atoms with van der Waals surface area (Å²) in [5, 5.41) is 24.2. The monoisotopic (exact) mass is 1800 g/mol. The van der Waals surface area contributed by atoms with Crippen LogP contribution in [0.15, 0.2) is 142 Å². The van der Waals surface area contributed by atoms with Gasteiger partial charge in [0.25, 0.3) is 0 Å². The average molecular weight is 1800 g/mol. The SMILES string of the molecule is Cc1cc(Nc2nc(Nc3ccccc3S(=O)(=O)C(C)C)c3c(C)c[nH]c3n2)c(OC(C)C)cc1C1CCN(CC(N)=O)CC1.Cc1cc(Nc2nc(Nc3ccccc3S(=O)(=O)C(C)C)c3c(C)c[nH]c3n2)c(OC(C)C)cc1C1CCNCC1.Cc1cc2c(Nc3ccccc3S(=O)(=O)C(C)C)nc(Nc3cc(C)c(C4CCN(C)CC4)cc3OC(C)C)nc2[nH]1. The third-order valence-corrected chi connectivity index (χ3v) is 30.2. The van der Waals surface area contributed by atoms with Gasteiger partial charge in [0.2, 0.25) is 23.8 Å². The highest BCUT2D eigenvalue weighted by molar-refractivity contribution is 7.92. The number of carbonyl (C=O) groups excluding carboxylic acids is 1. The number of nitrogens with two attached hydrogens (primary N) is 1. The van der Waals surface area contributed by atoms with E-state index in [1.165, 1.54) is 27.8 Å². The number of hydrogen-bond acceptors (Lipinski definition) is 25. The molecule has 1 amide bonds. The van der Waals surface area contributed by atoms with Crippen LogP contribution >= 0.6 is 0 Å². The molecule has 29 nitrogen and oxygen atoms in total. The summed E-state index contributed by atoms with van der Waals surface area (Å²) in [4.78, 5) is 55.1. The molecule has 0 radical (unpaired) electrons. The number of aromatic amines is 3. The Labute approximate surface area is 752 Å². The number of amides is 1. The Morgan fingerprint density at radius 1 is 0.422 bits per heavy atom. The van der Waals surface area contributed by atoms with Gasteiger partial charge in [0.15, 0.2) is 29.5 Å². The molecule has 12 aromatic rings. The Bertz CT molecular complexity index is 6360. The van der Waals surface area contributed by atoms with Crippen LogP contribution in [0.25, 0.3) is 33.1 Å². The summed E-state index contributed by atoms with van der Waals surface area (Å²) in [5.41, 5.74) is 21.1. The van der Waals surface area contributed by atoms with Gasteiger partial charge in [-0.2, -0.15) is 29.9 Å².